The molecule has 0 saturated heterocycles. The highest BCUT2D eigenvalue weighted by Gasteiger charge is 2.22. The summed E-state index contributed by atoms with van der Waals surface area (Å²) in [7, 11) is 0. The van der Waals surface area contributed by atoms with E-state index < -0.39 is 0 Å². The van der Waals surface area contributed by atoms with Gasteiger partial charge in [-0.25, -0.2) is 0 Å². The molecule has 1 aliphatic carbocycles. The van der Waals surface area contributed by atoms with Crippen molar-refractivity contribution in [3.63, 3.8) is 0 Å². The second-order valence-electron chi connectivity index (χ2n) is 3.96. The molecular formula is C9H15N3. The SMILES string of the molecule is CC(C)c1cn(CC2CC2)nn1. The maximum atomic E-state index is 4.11. The van der Waals surface area contributed by atoms with Gasteiger partial charge in [-0.1, -0.05) is 19.1 Å². The lowest BCUT2D eigenvalue weighted by atomic mass is 10.2. The first kappa shape index (κ1) is 7.77. The Bertz CT molecular complexity index is 260. The highest BCUT2D eigenvalue weighted by molar-refractivity contribution is 4.98. The maximum Gasteiger partial charge on any atom is 0.0852 e. The minimum Gasteiger partial charge on any atom is -0.252 e. The second-order valence-corrected chi connectivity index (χ2v) is 3.96. The molecule has 0 spiro atoms. The summed E-state index contributed by atoms with van der Waals surface area (Å²) in [6.45, 7) is 5.36. The maximum absolute atomic E-state index is 4.11. The zero-order valence-electron chi connectivity index (χ0n) is 7.70. The van der Waals surface area contributed by atoms with E-state index in [1.54, 1.807) is 0 Å². The molecule has 0 atom stereocenters. The Morgan fingerprint density at radius 2 is 2.33 bits per heavy atom. The summed E-state index contributed by atoms with van der Waals surface area (Å²) in [5.41, 5.74) is 1.11. The predicted molar refractivity (Wildman–Crippen MR) is 46.8 cm³/mol. The van der Waals surface area contributed by atoms with Crippen molar-refractivity contribution < 1.29 is 0 Å². The molecule has 0 radical (unpaired) electrons. The Morgan fingerprint density at radius 3 is 2.83 bits per heavy atom. The van der Waals surface area contributed by atoms with E-state index in [0.717, 1.165) is 18.2 Å². The van der Waals surface area contributed by atoms with Gasteiger partial charge in [-0.05, 0) is 24.7 Å². The van der Waals surface area contributed by atoms with Crippen LogP contribution in [-0.4, -0.2) is 15.0 Å². The standard InChI is InChI=1S/C9H15N3/c1-7(2)9-6-12(11-10-9)5-8-3-4-8/h6-8H,3-5H2,1-2H3. The molecule has 0 amide bonds. The lowest BCUT2D eigenvalue weighted by molar-refractivity contribution is 0.544. The smallest absolute Gasteiger partial charge is 0.0852 e. The first-order valence-electron chi connectivity index (χ1n) is 4.65. The van der Waals surface area contributed by atoms with Gasteiger partial charge in [0.15, 0.2) is 0 Å². The van der Waals surface area contributed by atoms with Crippen LogP contribution in [0.25, 0.3) is 0 Å². The number of hydrogen-bond acceptors (Lipinski definition) is 2. The molecule has 1 fully saturated rings. The Kier molecular flexibility index (Phi) is 1.87. The molecule has 1 heterocycles. The van der Waals surface area contributed by atoms with Crippen LogP contribution in [0, 0.1) is 5.92 Å². The molecule has 12 heavy (non-hydrogen) atoms. The molecule has 1 aromatic rings. The van der Waals surface area contributed by atoms with Crippen LogP contribution in [-0.2, 0) is 6.54 Å². The summed E-state index contributed by atoms with van der Waals surface area (Å²) in [5, 5.41) is 8.19. The average Bonchev–Trinajstić information content (AvgIpc) is 2.66. The van der Waals surface area contributed by atoms with Crippen molar-refractivity contribution in [2.24, 2.45) is 5.92 Å². The largest absolute Gasteiger partial charge is 0.252 e. The quantitative estimate of drug-likeness (QED) is 0.684. The molecule has 3 heteroatoms. The summed E-state index contributed by atoms with van der Waals surface area (Å²) in [4.78, 5) is 0. The Balaban J connectivity index is 2.02. The van der Waals surface area contributed by atoms with Crippen LogP contribution in [0.2, 0.25) is 0 Å². The van der Waals surface area contributed by atoms with E-state index >= 15 is 0 Å². The van der Waals surface area contributed by atoms with Gasteiger partial charge in [0.25, 0.3) is 0 Å². The van der Waals surface area contributed by atoms with Crippen LogP contribution in [0.4, 0.5) is 0 Å². The molecule has 0 aromatic carbocycles. The fourth-order valence-corrected chi connectivity index (χ4v) is 1.23. The van der Waals surface area contributed by atoms with E-state index in [1.807, 2.05) is 4.68 Å². The minimum atomic E-state index is 0.498. The van der Waals surface area contributed by atoms with E-state index in [2.05, 4.69) is 30.4 Å². The topological polar surface area (TPSA) is 30.7 Å². The summed E-state index contributed by atoms with van der Waals surface area (Å²) in [5.74, 6) is 1.38. The summed E-state index contributed by atoms with van der Waals surface area (Å²) >= 11 is 0. The van der Waals surface area contributed by atoms with Crippen molar-refractivity contribution in [3.8, 4) is 0 Å². The zero-order valence-corrected chi connectivity index (χ0v) is 7.70. The number of rotatable bonds is 3. The lowest BCUT2D eigenvalue weighted by Gasteiger charge is -1.96. The van der Waals surface area contributed by atoms with Crippen LogP contribution < -0.4 is 0 Å². The monoisotopic (exact) mass is 165 g/mol. The van der Waals surface area contributed by atoms with Gasteiger partial charge in [0.05, 0.1) is 5.69 Å². The molecule has 0 N–H and O–H groups in total. The van der Waals surface area contributed by atoms with Gasteiger partial charge >= 0.3 is 0 Å². The van der Waals surface area contributed by atoms with Crippen molar-refractivity contribution in [2.45, 2.75) is 39.2 Å². The zero-order chi connectivity index (χ0) is 8.55. The van der Waals surface area contributed by atoms with E-state index in [-0.39, 0.29) is 0 Å². The molecule has 0 aliphatic heterocycles. The van der Waals surface area contributed by atoms with Crippen molar-refractivity contribution in [2.75, 3.05) is 0 Å². The van der Waals surface area contributed by atoms with Gasteiger partial charge in [-0.3, -0.25) is 4.68 Å². The number of nitrogens with zero attached hydrogens (tertiary/aromatic N) is 3. The van der Waals surface area contributed by atoms with E-state index in [9.17, 15) is 0 Å². The van der Waals surface area contributed by atoms with Gasteiger partial charge in [0.1, 0.15) is 0 Å². The molecule has 2 rings (SSSR count). The van der Waals surface area contributed by atoms with Crippen molar-refractivity contribution in [1.82, 2.24) is 15.0 Å². The highest BCUT2D eigenvalue weighted by atomic mass is 15.4. The van der Waals surface area contributed by atoms with Crippen molar-refractivity contribution in [1.29, 1.82) is 0 Å². The molecule has 1 aromatic heterocycles. The molecule has 0 unspecified atom stereocenters. The fourth-order valence-electron chi connectivity index (χ4n) is 1.23. The predicted octanol–water partition coefficient (Wildman–Crippen LogP) is 1.81. The van der Waals surface area contributed by atoms with E-state index in [4.69, 9.17) is 0 Å². The van der Waals surface area contributed by atoms with Crippen LogP contribution in [0.1, 0.15) is 38.3 Å². The lowest BCUT2D eigenvalue weighted by Crippen LogP contribution is -1.99. The van der Waals surface area contributed by atoms with Gasteiger partial charge < -0.3 is 0 Å². The number of aromatic nitrogens is 3. The third-order valence-corrected chi connectivity index (χ3v) is 2.29. The Hall–Kier alpha value is -0.860. The number of hydrogen-bond donors (Lipinski definition) is 0. The molecule has 3 nitrogen and oxygen atoms in total. The summed E-state index contributed by atoms with van der Waals surface area (Å²) in [6.07, 6.45) is 4.82. The van der Waals surface area contributed by atoms with E-state index in [0.29, 0.717) is 5.92 Å². The second kappa shape index (κ2) is 2.88. The Labute approximate surface area is 72.8 Å². The first-order valence-corrected chi connectivity index (χ1v) is 4.65. The van der Waals surface area contributed by atoms with Crippen molar-refractivity contribution >= 4 is 0 Å². The van der Waals surface area contributed by atoms with E-state index in [1.165, 1.54) is 12.8 Å². The normalized spacial score (nSPS) is 17.2. The van der Waals surface area contributed by atoms with Gasteiger partial charge in [-0.15, -0.1) is 5.10 Å². The Morgan fingerprint density at radius 1 is 1.58 bits per heavy atom. The first-order chi connectivity index (χ1) is 5.75. The molecule has 0 bridgehead atoms. The van der Waals surface area contributed by atoms with Crippen LogP contribution >= 0.6 is 0 Å². The third kappa shape index (κ3) is 1.65. The third-order valence-electron chi connectivity index (χ3n) is 2.29. The molecular weight excluding hydrogens is 150 g/mol. The van der Waals surface area contributed by atoms with Crippen LogP contribution in [0.15, 0.2) is 6.20 Å². The molecule has 1 aliphatic rings. The van der Waals surface area contributed by atoms with Crippen molar-refractivity contribution in [3.05, 3.63) is 11.9 Å². The highest BCUT2D eigenvalue weighted by Crippen LogP contribution is 2.30. The fraction of sp³-hybridized carbons (Fsp3) is 0.778. The van der Waals surface area contributed by atoms with Gasteiger partial charge in [-0.2, -0.15) is 0 Å². The summed E-state index contributed by atoms with van der Waals surface area (Å²) in [6, 6.07) is 0. The van der Waals surface area contributed by atoms with Crippen LogP contribution in [0.3, 0.4) is 0 Å². The van der Waals surface area contributed by atoms with Gasteiger partial charge in [0, 0.05) is 12.7 Å². The van der Waals surface area contributed by atoms with Gasteiger partial charge in [0.2, 0.25) is 0 Å². The summed E-state index contributed by atoms with van der Waals surface area (Å²) < 4.78 is 1.98. The average molecular weight is 165 g/mol. The molecule has 1 saturated carbocycles. The minimum absolute atomic E-state index is 0.498. The molecule has 66 valence electrons. The van der Waals surface area contributed by atoms with Crippen LogP contribution in [0.5, 0.6) is 0 Å².